The second kappa shape index (κ2) is 8.41. The molecule has 2 atom stereocenters. The molecule has 0 fully saturated rings. The average molecular weight is 515 g/mol. The van der Waals surface area contributed by atoms with Gasteiger partial charge in [0.05, 0.1) is 36.8 Å². The average Bonchev–Trinajstić information content (AvgIpc) is 2.74. The highest BCUT2D eigenvalue weighted by Crippen LogP contribution is 2.53. The van der Waals surface area contributed by atoms with E-state index in [1.54, 1.807) is 6.92 Å². The Hall–Kier alpha value is -2.61. The van der Waals surface area contributed by atoms with Crippen LogP contribution in [0.4, 0.5) is 0 Å². The molecule has 0 amide bonds. The SMILES string of the molecule is COC(=O)C1=C(C)NC(c2ccc(Br)cc2)C(C#N)(C#N)C1c1ccc(Br)cc1. The molecule has 1 aliphatic rings. The summed E-state index contributed by atoms with van der Waals surface area (Å²) < 4.78 is 6.76. The maximum atomic E-state index is 12.7. The van der Waals surface area contributed by atoms with Crippen molar-refractivity contribution in [3.63, 3.8) is 0 Å². The Kier molecular flexibility index (Phi) is 6.12. The second-order valence-corrected chi connectivity index (χ2v) is 8.57. The molecule has 0 radical (unpaired) electrons. The molecule has 2 aromatic carbocycles. The number of benzene rings is 2. The number of nitriles is 2. The number of hydrogen-bond donors (Lipinski definition) is 1. The van der Waals surface area contributed by atoms with Crippen molar-refractivity contribution < 1.29 is 9.53 Å². The van der Waals surface area contributed by atoms with Crippen molar-refractivity contribution in [3.05, 3.63) is 79.9 Å². The molecule has 29 heavy (non-hydrogen) atoms. The first kappa shape index (κ1) is 21.1. The number of ether oxygens (including phenoxy) is 1. The van der Waals surface area contributed by atoms with Crippen LogP contribution < -0.4 is 5.32 Å². The second-order valence-electron chi connectivity index (χ2n) is 6.74. The summed E-state index contributed by atoms with van der Waals surface area (Å²) in [5, 5.41) is 23.8. The first-order valence-electron chi connectivity index (χ1n) is 8.77. The molecule has 0 bridgehead atoms. The molecule has 1 heterocycles. The number of allylic oxidation sites excluding steroid dienone is 1. The van der Waals surface area contributed by atoms with Crippen molar-refractivity contribution in [3.8, 4) is 12.1 Å². The molecule has 0 saturated heterocycles. The zero-order chi connectivity index (χ0) is 21.2. The minimum Gasteiger partial charge on any atom is -0.466 e. The summed E-state index contributed by atoms with van der Waals surface area (Å²) in [6, 6.07) is 18.6. The Balaban J connectivity index is 2.31. The van der Waals surface area contributed by atoms with E-state index in [0.717, 1.165) is 14.5 Å². The fourth-order valence-electron chi connectivity index (χ4n) is 3.77. The molecule has 3 rings (SSSR count). The summed E-state index contributed by atoms with van der Waals surface area (Å²) in [6.07, 6.45) is 0. The lowest BCUT2D eigenvalue weighted by atomic mass is 9.62. The van der Waals surface area contributed by atoms with Gasteiger partial charge in [0.2, 0.25) is 0 Å². The molecular weight excluding hydrogens is 498 g/mol. The number of nitrogens with zero attached hydrogens (tertiary/aromatic N) is 2. The highest BCUT2D eigenvalue weighted by atomic mass is 79.9. The summed E-state index contributed by atoms with van der Waals surface area (Å²) >= 11 is 6.82. The quantitative estimate of drug-likeness (QED) is 0.574. The van der Waals surface area contributed by atoms with Gasteiger partial charge in [-0.2, -0.15) is 10.5 Å². The van der Waals surface area contributed by atoms with Crippen LogP contribution in [-0.4, -0.2) is 13.1 Å². The number of esters is 1. The summed E-state index contributed by atoms with van der Waals surface area (Å²) in [4.78, 5) is 12.7. The monoisotopic (exact) mass is 513 g/mol. The van der Waals surface area contributed by atoms with E-state index in [9.17, 15) is 15.3 Å². The van der Waals surface area contributed by atoms with Crippen LogP contribution in [0.15, 0.2) is 68.7 Å². The summed E-state index contributed by atoms with van der Waals surface area (Å²) in [7, 11) is 1.29. The third-order valence-electron chi connectivity index (χ3n) is 5.15. The third kappa shape index (κ3) is 3.69. The standard InChI is InChI=1S/C22H17Br2N3O2/c1-13-18(21(28)29-2)19(14-3-7-16(23)8-4-14)22(11-25,12-26)20(27-13)15-5-9-17(24)10-6-15/h3-10,19-20,27H,1-2H3. The smallest absolute Gasteiger partial charge is 0.336 e. The minimum atomic E-state index is -1.56. The van der Waals surface area contributed by atoms with E-state index in [0.29, 0.717) is 11.3 Å². The Morgan fingerprint density at radius 3 is 1.93 bits per heavy atom. The molecule has 5 nitrogen and oxygen atoms in total. The fraction of sp³-hybridized carbons (Fsp3) is 0.227. The fourth-order valence-corrected chi connectivity index (χ4v) is 4.30. The first-order valence-corrected chi connectivity index (χ1v) is 10.4. The van der Waals surface area contributed by atoms with Crippen LogP contribution >= 0.6 is 31.9 Å². The number of rotatable bonds is 3. The molecule has 1 aliphatic heterocycles. The van der Waals surface area contributed by atoms with Gasteiger partial charge in [0, 0.05) is 14.6 Å². The van der Waals surface area contributed by atoms with Gasteiger partial charge in [-0.15, -0.1) is 0 Å². The summed E-state index contributed by atoms with van der Waals surface area (Å²) in [5.41, 5.74) is 0.775. The maximum Gasteiger partial charge on any atom is 0.336 e. The Labute approximate surface area is 186 Å². The number of nitrogens with one attached hydrogen (secondary N) is 1. The number of methoxy groups -OCH3 is 1. The zero-order valence-electron chi connectivity index (χ0n) is 15.7. The lowest BCUT2D eigenvalue weighted by Gasteiger charge is -2.43. The van der Waals surface area contributed by atoms with Gasteiger partial charge in [0.25, 0.3) is 0 Å². The van der Waals surface area contributed by atoms with Crippen molar-refractivity contribution in [1.82, 2.24) is 5.32 Å². The van der Waals surface area contributed by atoms with Crippen molar-refractivity contribution in [1.29, 1.82) is 10.5 Å². The van der Waals surface area contributed by atoms with Crippen molar-refractivity contribution in [2.45, 2.75) is 18.9 Å². The van der Waals surface area contributed by atoms with Crippen LogP contribution in [0.2, 0.25) is 0 Å². The van der Waals surface area contributed by atoms with Crippen LogP contribution in [0.25, 0.3) is 0 Å². The van der Waals surface area contributed by atoms with E-state index >= 15 is 0 Å². The molecule has 2 unspecified atom stereocenters. The molecular formula is C22H17Br2N3O2. The molecule has 1 N–H and O–H groups in total. The molecule has 2 aromatic rings. The number of halogens is 2. The Morgan fingerprint density at radius 2 is 1.48 bits per heavy atom. The number of hydrogen-bond acceptors (Lipinski definition) is 5. The number of carbonyl (C=O) groups excluding carboxylic acids is 1. The summed E-state index contributed by atoms with van der Waals surface area (Å²) in [6.45, 7) is 1.77. The molecule has 0 aromatic heterocycles. The van der Waals surface area contributed by atoms with Gasteiger partial charge in [-0.3, -0.25) is 0 Å². The van der Waals surface area contributed by atoms with Gasteiger partial charge >= 0.3 is 5.97 Å². The van der Waals surface area contributed by atoms with E-state index in [1.165, 1.54) is 7.11 Å². The van der Waals surface area contributed by atoms with Crippen LogP contribution in [0.5, 0.6) is 0 Å². The molecule has 0 spiro atoms. The van der Waals surface area contributed by atoms with Gasteiger partial charge in [0.15, 0.2) is 5.41 Å². The Bertz CT molecular complexity index is 1030. The predicted molar refractivity (Wildman–Crippen MR) is 115 cm³/mol. The zero-order valence-corrected chi connectivity index (χ0v) is 18.9. The van der Waals surface area contributed by atoms with Crippen molar-refractivity contribution >= 4 is 37.8 Å². The van der Waals surface area contributed by atoms with E-state index < -0.39 is 23.3 Å². The molecule has 7 heteroatoms. The highest BCUT2D eigenvalue weighted by Gasteiger charge is 2.54. The van der Waals surface area contributed by atoms with Crippen molar-refractivity contribution in [2.24, 2.45) is 5.41 Å². The minimum absolute atomic E-state index is 0.284. The first-order chi connectivity index (χ1) is 13.9. The highest BCUT2D eigenvalue weighted by molar-refractivity contribution is 9.10. The molecule has 146 valence electrons. The van der Waals surface area contributed by atoms with E-state index in [1.807, 2.05) is 48.5 Å². The van der Waals surface area contributed by atoms with Gasteiger partial charge in [-0.25, -0.2) is 4.79 Å². The lowest BCUT2D eigenvalue weighted by Crippen LogP contribution is -2.47. The van der Waals surface area contributed by atoms with Gasteiger partial charge < -0.3 is 10.1 Å². The number of carbonyl (C=O) groups is 1. The maximum absolute atomic E-state index is 12.7. The van der Waals surface area contributed by atoms with Crippen LogP contribution in [-0.2, 0) is 9.53 Å². The largest absolute Gasteiger partial charge is 0.466 e. The van der Waals surface area contributed by atoms with E-state index in [-0.39, 0.29) is 5.57 Å². The Morgan fingerprint density at radius 1 is 1.00 bits per heavy atom. The predicted octanol–water partition coefficient (Wildman–Crippen LogP) is 5.12. The normalized spacial score (nSPS) is 20.2. The summed E-state index contributed by atoms with van der Waals surface area (Å²) in [5.74, 6) is -1.35. The topological polar surface area (TPSA) is 85.9 Å². The molecule has 0 aliphatic carbocycles. The molecule has 0 saturated carbocycles. The van der Waals surface area contributed by atoms with E-state index in [4.69, 9.17) is 4.74 Å². The van der Waals surface area contributed by atoms with Crippen LogP contribution in [0.1, 0.15) is 30.0 Å². The lowest BCUT2D eigenvalue weighted by molar-refractivity contribution is -0.137. The van der Waals surface area contributed by atoms with Gasteiger partial charge in [-0.1, -0.05) is 56.1 Å². The van der Waals surface area contributed by atoms with Gasteiger partial charge in [-0.05, 0) is 42.3 Å². The van der Waals surface area contributed by atoms with Gasteiger partial charge in [0.1, 0.15) is 0 Å². The van der Waals surface area contributed by atoms with Crippen molar-refractivity contribution in [2.75, 3.05) is 7.11 Å². The van der Waals surface area contributed by atoms with E-state index in [2.05, 4.69) is 49.3 Å². The third-order valence-corrected chi connectivity index (χ3v) is 6.20. The van der Waals surface area contributed by atoms with Crippen LogP contribution in [0, 0.1) is 28.1 Å². The van der Waals surface area contributed by atoms with Crippen LogP contribution in [0.3, 0.4) is 0 Å².